The fourth-order valence-electron chi connectivity index (χ4n) is 2.01. The van der Waals surface area contributed by atoms with Crippen molar-refractivity contribution in [1.29, 1.82) is 0 Å². The van der Waals surface area contributed by atoms with E-state index in [2.05, 4.69) is 20.9 Å². The van der Waals surface area contributed by atoms with Gasteiger partial charge >= 0.3 is 5.97 Å². The second-order valence-electron chi connectivity index (χ2n) is 4.75. The fraction of sp³-hybridized carbons (Fsp3) is 0.0588. The number of aromatic carboxylic acids is 1. The molecule has 2 aromatic carbocycles. The number of rotatable bonds is 5. The van der Waals surface area contributed by atoms with Crippen molar-refractivity contribution in [2.75, 3.05) is 0 Å². The summed E-state index contributed by atoms with van der Waals surface area (Å²) in [5.74, 6) is -0.345. The molecule has 3 rings (SSSR count). The van der Waals surface area contributed by atoms with Crippen molar-refractivity contribution in [1.82, 2.24) is 4.98 Å². The molecule has 0 bridgehead atoms. The highest BCUT2D eigenvalue weighted by atomic mass is 79.9. The van der Waals surface area contributed by atoms with Crippen molar-refractivity contribution in [3.05, 3.63) is 69.6 Å². The molecule has 1 heterocycles. The number of hydrogen-bond donors (Lipinski definition) is 1. The minimum Gasteiger partial charge on any atom is -0.488 e. The lowest BCUT2D eigenvalue weighted by molar-refractivity contribution is 0.0691. The Kier molecular flexibility index (Phi) is 4.73. The summed E-state index contributed by atoms with van der Waals surface area (Å²) >= 11 is 4.69. The first-order valence-corrected chi connectivity index (χ1v) is 8.46. The molecule has 1 N–H and O–H groups in total. The number of hydrogen-bond acceptors (Lipinski definition) is 4. The molecule has 1 aromatic heterocycles. The molecule has 0 radical (unpaired) electrons. The van der Waals surface area contributed by atoms with Gasteiger partial charge in [0.1, 0.15) is 17.4 Å². The Morgan fingerprint density at radius 3 is 2.61 bits per heavy atom. The molecule has 0 spiro atoms. The monoisotopic (exact) mass is 389 g/mol. The molecule has 116 valence electrons. The van der Waals surface area contributed by atoms with Crippen LogP contribution in [0.25, 0.3) is 10.6 Å². The van der Waals surface area contributed by atoms with E-state index in [0.29, 0.717) is 17.4 Å². The van der Waals surface area contributed by atoms with Crippen molar-refractivity contribution in [3.63, 3.8) is 0 Å². The maximum atomic E-state index is 11.0. The van der Waals surface area contributed by atoms with Crippen molar-refractivity contribution >= 4 is 33.2 Å². The quantitative estimate of drug-likeness (QED) is 0.677. The van der Waals surface area contributed by atoms with Crippen LogP contribution in [0, 0.1) is 0 Å². The van der Waals surface area contributed by atoms with E-state index in [0.717, 1.165) is 15.6 Å². The number of benzene rings is 2. The average Bonchev–Trinajstić information content (AvgIpc) is 3.05. The van der Waals surface area contributed by atoms with E-state index in [1.54, 1.807) is 0 Å². The van der Waals surface area contributed by atoms with Gasteiger partial charge in [-0.15, -0.1) is 11.3 Å². The van der Waals surface area contributed by atoms with Crippen LogP contribution in [0.4, 0.5) is 0 Å². The number of thiazole rings is 1. The predicted octanol–water partition coefficient (Wildman–Crippen LogP) is 4.85. The largest absolute Gasteiger partial charge is 0.488 e. The van der Waals surface area contributed by atoms with Crippen molar-refractivity contribution in [3.8, 4) is 16.3 Å². The lowest BCUT2D eigenvalue weighted by Gasteiger charge is -2.10. The van der Waals surface area contributed by atoms with Crippen molar-refractivity contribution < 1.29 is 14.6 Å². The molecule has 0 aliphatic heterocycles. The summed E-state index contributed by atoms with van der Waals surface area (Å²) in [6.07, 6.45) is 0. The lowest BCUT2D eigenvalue weighted by Crippen LogP contribution is -1.98. The molecule has 0 atom stereocenters. The summed E-state index contributed by atoms with van der Waals surface area (Å²) in [6.45, 7) is 0.432. The summed E-state index contributed by atoms with van der Waals surface area (Å²) in [6, 6.07) is 15.4. The van der Waals surface area contributed by atoms with Gasteiger partial charge in [0.05, 0.1) is 5.56 Å². The zero-order valence-electron chi connectivity index (χ0n) is 11.9. The molecule has 0 aliphatic rings. The van der Waals surface area contributed by atoms with E-state index >= 15 is 0 Å². The first kappa shape index (κ1) is 15.7. The number of nitrogens with zero attached hydrogens (tertiary/aromatic N) is 1. The molecule has 0 aliphatic carbocycles. The van der Waals surface area contributed by atoms with Gasteiger partial charge in [-0.25, -0.2) is 9.78 Å². The minimum absolute atomic E-state index is 0.0488. The van der Waals surface area contributed by atoms with Crippen molar-refractivity contribution in [2.24, 2.45) is 0 Å². The second kappa shape index (κ2) is 6.93. The number of carboxylic acid groups (broad SMARTS) is 1. The highest BCUT2D eigenvalue weighted by Crippen LogP contribution is 2.32. The minimum atomic E-state index is -1.03. The highest BCUT2D eigenvalue weighted by Gasteiger charge is 2.13. The van der Waals surface area contributed by atoms with Crippen molar-refractivity contribution in [2.45, 2.75) is 6.61 Å². The van der Waals surface area contributed by atoms with E-state index in [-0.39, 0.29) is 5.69 Å². The Labute approximate surface area is 145 Å². The van der Waals surface area contributed by atoms with Gasteiger partial charge in [-0.05, 0) is 29.8 Å². The third kappa shape index (κ3) is 3.78. The first-order valence-electron chi connectivity index (χ1n) is 6.79. The molecule has 4 nitrogen and oxygen atoms in total. The number of carbonyl (C=O) groups is 1. The normalized spacial score (nSPS) is 10.5. The van der Waals surface area contributed by atoms with Crippen LogP contribution >= 0.6 is 27.3 Å². The van der Waals surface area contributed by atoms with E-state index in [1.165, 1.54) is 16.7 Å². The van der Waals surface area contributed by atoms with E-state index in [1.807, 2.05) is 48.5 Å². The Balaban J connectivity index is 1.82. The van der Waals surface area contributed by atoms with Crippen LogP contribution in [0.1, 0.15) is 16.1 Å². The Bertz CT molecular complexity index is 830. The molecule has 6 heteroatoms. The first-order chi connectivity index (χ1) is 11.1. The van der Waals surface area contributed by atoms with E-state index < -0.39 is 5.97 Å². The number of aromatic nitrogens is 1. The summed E-state index contributed by atoms with van der Waals surface area (Å²) < 4.78 is 6.91. The second-order valence-corrected chi connectivity index (χ2v) is 6.53. The number of para-hydroxylation sites is 1. The molecule has 0 amide bonds. The van der Waals surface area contributed by atoms with Gasteiger partial charge in [-0.1, -0.05) is 40.2 Å². The standard InChI is InChI=1S/C17H12BrNO3S/c18-12-7-5-11(6-8-12)9-22-15-4-2-1-3-13(15)16-19-14(10-23-16)17(20)21/h1-8,10H,9H2,(H,20,21). The average molecular weight is 390 g/mol. The predicted molar refractivity (Wildman–Crippen MR) is 93.0 cm³/mol. The van der Waals surface area contributed by atoms with Gasteiger partial charge in [-0.3, -0.25) is 0 Å². The SMILES string of the molecule is O=C(O)c1csc(-c2ccccc2OCc2ccc(Br)cc2)n1. The molecule has 0 unspecified atom stereocenters. The van der Waals surface area contributed by atoms with Gasteiger partial charge < -0.3 is 9.84 Å². The summed E-state index contributed by atoms with van der Waals surface area (Å²) in [5.41, 5.74) is 1.89. The van der Waals surface area contributed by atoms with Gasteiger partial charge in [0.2, 0.25) is 0 Å². The summed E-state index contributed by atoms with van der Waals surface area (Å²) in [7, 11) is 0. The Morgan fingerprint density at radius 1 is 1.17 bits per heavy atom. The molecular formula is C17H12BrNO3S. The Morgan fingerprint density at radius 2 is 1.91 bits per heavy atom. The molecule has 0 saturated heterocycles. The van der Waals surface area contributed by atoms with Crippen LogP contribution in [-0.2, 0) is 6.61 Å². The van der Waals surface area contributed by atoms with Crippen LogP contribution in [0.3, 0.4) is 0 Å². The third-order valence-electron chi connectivity index (χ3n) is 3.15. The van der Waals surface area contributed by atoms with Gasteiger partial charge in [-0.2, -0.15) is 0 Å². The van der Waals surface area contributed by atoms with Gasteiger partial charge in [0, 0.05) is 9.85 Å². The maximum absolute atomic E-state index is 11.0. The zero-order chi connectivity index (χ0) is 16.2. The fourth-order valence-corrected chi connectivity index (χ4v) is 3.09. The molecule has 3 aromatic rings. The van der Waals surface area contributed by atoms with Gasteiger partial charge in [0.25, 0.3) is 0 Å². The molecule has 0 saturated carbocycles. The number of carboxylic acids is 1. The molecular weight excluding hydrogens is 378 g/mol. The lowest BCUT2D eigenvalue weighted by atomic mass is 10.2. The molecule has 23 heavy (non-hydrogen) atoms. The Hall–Kier alpha value is -2.18. The van der Waals surface area contributed by atoms with E-state index in [9.17, 15) is 4.79 Å². The molecule has 0 fully saturated rings. The third-order valence-corrected chi connectivity index (χ3v) is 4.55. The highest BCUT2D eigenvalue weighted by molar-refractivity contribution is 9.10. The van der Waals surface area contributed by atoms with E-state index in [4.69, 9.17) is 9.84 Å². The number of ether oxygens (including phenoxy) is 1. The number of halogens is 1. The zero-order valence-corrected chi connectivity index (χ0v) is 14.3. The van der Waals surface area contributed by atoms with Crippen LogP contribution < -0.4 is 4.74 Å². The van der Waals surface area contributed by atoms with Crippen LogP contribution in [0.2, 0.25) is 0 Å². The van der Waals surface area contributed by atoms with Crippen LogP contribution in [0.15, 0.2) is 58.4 Å². The topological polar surface area (TPSA) is 59.4 Å². The summed E-state index contributed by atoms with van der Waals surface area (Å²) in [5, 5.41) is 11.2. The van der Waals surface area contributed by atoms with Crippen LogP contribution in [-0.4, -0.2) is 16.1 Å². The maximum Gasteiger partial charge on any atom is 0.355 e. The summed E-state index contributed by atoms with van der Waals surface area (Å²) in [4.78, 5) is 15.1. The van der Waals surface area contributed by atoms with Crippen LogP contribution in [0.5, 0.6) is 5.75 Å². The van der Waals surface area contributed by atoms with Gasteiger partial charge in [0.15, 0.2) is 5.69 Å². The smallest absolute Gasteiger partial charge is 0.355 e.